The Morgan fingerprint density at radius 3 is 2.79 bits per heavy atom. The topological polar surface area (TPSA) is 26.0 Å². The Hall–Kier alpha value is -0.820. The van der Waals surface area contributed by atoms with Crippen molar-refractivity contribution in [2.75, 3.05) is 0 Å². The molecule has 2 aliphatic rings. The van der Waals surface area contributed by atoms with Gasteiger partial charge in [0.15, 0.2) is 0 Å². The quantitative estimate of drug-likeness (QED) is 0.706. The van der Waals surface area contributed by atoms with Crippen LogP contribution < -0.4 is 5.73 Å². The lowest BCUT2D eigenvalue weighted by Gasteiger charge is -2.37. The van der Waals surface area contributed by atoms with E-state index in [1.54, 1.807) is 5.57 Å². The molecule has 1 heteroatoms. The Labute approximate surface area is 118 Å². The highest BCUT2D eigenvalue weighted by molar-refractivity contribution is 5.24. The van der Waals surface area contributed by atoms with Gasteiger partial charge in [0.05, 0.1) is 0 Å². The molecule has 106 valence electrons. The molecule has 6 unspecified atom stereocenters. The molecule has 2 bridgehead atoms. The summed E-state index contributed by atoms with van der Waals surface area (Å²) in [5, 5.41) is 0. The van der Waals surface area contributed by atoms with Crippen molar-refractivity contribution in [1.82, 2.24) is 0 Å². The molecule has 0 saturated heterocycles. The highest BCUT2D eigenvalue weighted by Crippen LogP contribution is 2.55. The van der Waals surface area contributed by atoms with E-state index in [9.17, 15) is 0 Å². The molecule has 0 amide bonds. The minimum absolute atomic E-state index is 0.0917. The Morgan fingerprint density at radius 1 is 1.47 bits per heavy atom. The van der Waals surface area contributed by atoms with Gasteiger partial charge in [-0.25, -0.2) is 0 Å². The second-order valence-corrected chi connectivity index (χ2v) is 6.29. The summed E-state index contributed by atoms with van der Waals surface area (Å²) in [6, 6.07) is 0.0917. The van der Waals surface area contributed by atoms with Crippen molar-refractivity contribution in [3.8, 4) is 0 Å². The largest absolute Gasteiger partial charge is 0.324 e. The van der Waals surface area contributed by atoms with E-state index in [0.29, 0.717) is 5.92 Å². The van der Waals surface area contributed by atoms with Crippen LogP contribution in [0.4, 0.5) is 0 Å². The fourth-order valence-electron chi connectivity index (χ4n) is 4.44. The molecule has 0 spiro atoms. The van der Waals surface area contributed by atoms with Gasteiger partial charge in [-0.1, -0.05) is 50.1 Å². The zero-order valence-electron chi connectivity index (χ0n) is 12.7. The highest BCUT2D eigenvalue weighted by Gasteiger charge is 2.49. The first-order valence-electron chi connectivity index (χ1n) is 7.87. The van der Waals surface area contributed by atoms with Crippen LogP contribution in [0.25, 0.3) is 0 Å². The van der Waals surface area contributed by atoms with Gasteiger partial charge in [0.25, 0.3) is 0 Å². The molecule has 2 N–H and O–H groups in total. The summed E-state index contributed by atoms with van der Waals surface area (Å²) < 4.78 is 0. The molecule has 0 radical (unpaired) electrons. The monoisotopic (exact) mass is 259 g/mol. The molecule has 19 heavy (non-hydrogen) atoms. The molecular weight excluding hydrogens is 230 g/mol. The molecule has 0 aliphatic heterocycles. The zero-order valence-corrected chi connectivity index (χ0v) is 12.7. The van der Waals surface area contributed by atoms with Crippen LogP contribution in [0.3, 0.4) is 0 Å². The van der Waals surface area contributed by atoms with Crippen LogP contribution in [-0.4, -0.2) is 6.04 Å². The second-order valence-electron chi connectivity index (χ2n) is 6.29. The van der Waals surface area contributed by atoms with Crippen molar-refractivity contribution in [1.29, 1.82) is 0 Å². The molecule has 2 aliphatic carbocycles. The maximum absolute atomic E-state index is 6.34. The van der Waals surface area contributed by atoms with Crippen molar-refractivity contribution in [3.63, 3.8) is 0 Å². The zero-order chi connectivity index (χ0) is 14.0. The Balaban J connectivity index is 2.27. The normalized spacial score (nSPS) is 36.5. The molecule has 0 aromatic heterocycles. The standard InChI is InChI=1S/C18H29N/c1-5-8-9-15(17(19)7-3)18-14(6-2)13-10-12(4)16(18)11-13/h7-10,13-18H,3,5-6,11,19H2,1-2,4H3/b9-8+. The first-order chi connectivity index (χ1) is 9.13. The van der Waals surface area contributed by atoms with Crippen LogP contribution in [0.2, 0.25) is 0 Å². The van der Waals surface area contributed by atoms with Crippen molar-refractivity contribution < 1.29 is 0 Å². The fraction of sp³-hybridized carbons (Fsp3) is 0.667. The summed E-state index contributed by atoms with van der Waals surface area (Å²) >= 11 is 0. The van der Waals surface area contributed by atoms with Crippen molar-refractivity contribution in [2.45, 2.75) is 46.1 Å². The lowest BCUT2D eigenvalue weighted by molar-refractivity contribution is 0.216. The molecular formula is C18H29N. The first kappa shape index (κ1) is 14.6. The van der Waals surface area contributed by atoms with Crippen LogP contribution in [0.1, 0.15) is 40.0 Å². The average molecular weight is 259 g/mol. The van der Waals surface area contributed by atoms with E-state index in [1.165, 1.54) is 12.8 Å². The molecule has 1 fully saturated rings. The molecule has 6 atom stereocenters. The molecule has 0 aromatic carbocycles. The van der Waals surface area contributed by atoms with E-state index in [1.807, 2.05) is 6.08 Å². The molecule has 1 nitrogen and oxygen atoms in total. The van der Waals surface area contributed by atoms with Crippen molar-refractivity contribution in [3.05, 3.63) is 36.5 Å². The maximum Gasteiger partial charge on any atom is 0.0287 e. The SMILES string of the molecule is C=CC(N)C(/C=C/CC)C1C2CC(C=C2C)C1CC. The number of hydrogen-bond acceptors (Lipinski definition) is 1. The Morgan fingerprint density at radius 2 is 2.21 bits per heavy atom. The summed E-state index contributed by atoms with van der Waals surface area (Å²) in [4.78, 5) is 0. The molecule has 0 aromatic rings. The summed E-state index contributed by atoms with van der Waals surface area (Å²) in [5.41, 5.74) is 7.95. The molecule has 2 rings (SSSR count). The van der Waals surface area contributed by atoms with Gasteiger partial charge in [0, 0.05) is 6.04 Å². The van der Waals surface area contributed by atoms with Gasteiger partial charge in [-0.2, -0.15) is 0 Å². The Bertz CT molecular complexity index is 379. The van der Waals surface area contributed by atoms with E-state index < -0.39 is 0 Å². The van der Waals surface area contributed by atoms with Crippen LogP contribution in [0.5, 0.6) is 0 Å². The fourth-order valence-corrected chi connectivity index (χ4v) is 4.44. The van der Waals surface area contributed by atoms with Gasteiger partial charge in [0.2, 0.25) is 0 Å². The third-order valence-electron chi connectivity index (χ3n) is 5.32. The van der Waals surface area contributed by atoms with Gasteiger partial charge < -0.3 is 5.73 Å². The van der Waals surface area contributed by atoms with Crippen LogP contribution >= 0.6 is 0 Å². The van der Waals surface area contributed by atoms with E-state index in [0.717, 1.165) is 30.1 Å². The van der Waals surface area contributed by atoms with Crippen LogP contribution in [0, 0.1) is 29.6 Å². The Kier molecular flexibility index (Phi) is 4.67. The summed E-state index contributed by atoms with van der Waals surface area (Å²) in [7, 11) is 0. The van der Waals surface area contributed by atoms with Crippen LogP contribution in [-0.2, 0) is 0 Å². The highest BCUT2D eigenvalue weighted by atomic mass is 14.7. The third kappa shape index (κ3) is 2.58. The molecule has 1 saturated carbocycles. The van der Waals surface area contributed by atoms with Crippen LogP contribution in [0.15, 0.2) is 36.5 Å². The van der Waals surface area contributed by atoms with Crippen molar-refractivity contribution in [2.24, 2.45) is 35.3 Å². The van der Waals surface area contributed by atoms with Crippen molar-refractivity contribution >= 4 is 0 Å². The van der Waals surface area contributed by atoms with E-state index in [2.05, 4.69) is 45.6 Å². The van der Waals surface area contributed by atoms with E-state index in [-0.39, 0.29) is 6.04 Å². The lowest BCUT2D eigenvalue weighted by atomic mass is 9.69. The summed E-state index contributed by atoms with van der Waals surface area (Å²) in [6.07, 6.45) is 12.8. The van der Waals surface area contributed by atoms with Gasteiger partial charge in [-0.3, -0.25) is 0 Å². The first-order valence-corrected chi connectivity index (χ1v) is 7.87. The maximum atomic E-state index is 6.34. The van der Waals surface area contributed by atoms with Gasteiger partial charge in [0.1, 0.15) is 0 Å². The number of allylic oxidation sites excluding steroid dienone is 3. The minimum atomic E-state index is 0.0917. The number of hydrogen-bond donors (Lipinski definition) is 1. The second kappa shape index (κ2) is 6.09. The summed E-state index contributed by atoms with van der Waals surface area (Å²) in [5.74, 6) is 3.55. The van der Waals surface area contributed by atoms with Gasteiger partial charge in [-0.05, 0) is 49.4 Å². The minimum Gasteiger partial charge on any atom is -0.324 e. The van der Waals surface area contributed by atoms with Gasteiger partial charge >= 0.3 is 0 Å². The smallest absolute Gasteiger partial charge is 0.0287 e. The predicted octanol–water partition coefficient (Wildman–Crippen LogP) is 4.32. The average Bonchev–Trinajstić information content (AvgIpc) is 2.95. The summed E-state index contributed by atoms with van der Waals surface area (Å²) in [6.45, 7) is 10.8. The number of nitrogens with two attached hydrogens (primary N) is 1. The number of rotatable bonds is 6. The third-order valence-corrected chi connectivity index (χ3v) is 5.32. The lowest BCUT2D eigenvalue weighted by Crippen LogP contribution is -2.38. The van der Waals surface area contributed by atoms with Gasteiger partial charge in [-0.15, -0.1) is 6.58 Å². The number of fused-ring (bicyclic) bond motifs is 2. The molecule has 0 heterocycles. The van der Waals surface area contributed by atoms with E-state index in [4.69, 9.17) is 5.73 Å². The van der Waals surface area contributed by atoms with E-state index >= 15 is 0 Å². The predicted molar refractivity (Wildman–Crippen MR) is 83.7 cm³/mol.